The summed E-state index contributed by atoms with van der Waals surface area (Å²) in [7, 11) is 0. The zero-order valence-corrected chi connectivity index (χ0v) is 17.9. The Balaban J connectivity index is 2.09. The van der Waals surface area contributed by atoms with Gasteiger partial charge in [0.25, 0.3) is 0 Å². The monoisotopic (exact) mass is 426 g/mol. The Bertz CT molecular complexity index is 668. The minimum absolute atomic E-state index is 0.235. The summed E-state index contributed by atoms with van der Waals surface area (Å²) >= 11 is 0. The first-order valence-electron chi connectivity index (χ1n) is 10.6. The van der Waals surface area contributed by atoms with Crippen molar-refractivity contribution in [3.63, 3.8) is 0 Å². The van der Waals surface area contributed by atoms with Gasteiger partial charge in [-0.05, 0) is 44.9 Å². The fraction of sp³-hybridized carbons (Fsp3) is 0.800. The van der Waals surface area contributed by atoms with Crippen LogP contribution in [0.25, 0.3) is 0 Å². The maximum absolute atomic E-state index is 12.9. The summed E-state index contributed by atoms with van der Waals surface area (Å²) in [4.78, 5) is 52.5. The predicted octanol–water partition coefficient (Wildman–Crippen LogP) is -0.708. The lowest BCUT2D eigenvalue weighted by Crippen LogP contribution is -2.59. The lowest BCUT2D eigenvalue weighted by Gasteiger charge is -2.31. The molecule has 30 heavy (non-hydrogen) atoms. The van der Waals surface area contributed by atoms with E-state index < -0.39 is 48.1 Å². The Morgan fingerprint density at radius 2 is 1.53 bits per heavy atom. The molecular weight excluding hydrogens is 392 g/mol. The van der Waals surface area contributed by atoms with Crippen molar-refractivity contribution in [1.29, 1.82) is 0 Å². The summed E-state index contributed by atoms with van der Waals surface area (Å²) in [6.07, 6.45) is 1.24. The van der Waals surface area contributed by atoms with Crippen LogP contribution in [0.4, 0.5) is 0 Å². The van der Waals surface area contributed by atoms with Gasteiger partial charge in [-0.25, -0.2) is 4.79 Å². The van der Waals surface area contributed by atoms with Gasteiger partial charge in [-0.1, -0.05) is 13.8 Å². The van der Waals surface area contributed by atoms with Gasteiger partial charge in [-0.3, -0.25) is 14.4 Å². The number of aliphatic hydroxyl groups excluding tert-OH is 1. The summed E-state index contributed by atoms with van der Waals surface area (Å²) in [5, 5.41) is 22.0. The molecule has 5 unspecified atom stereocenters. The van der Waals surface area contributed by atoms with Crippen LogP contribution in [0.1, 0.15) is 52.9 Å². The molecule has 5 atom stereocenters. The number of carboxylic acid groups (broad SMARTS) is 1. The Labute approximate surface area is 176 Å². The average molecular weight is 427 g/mol. The molecule has 10 nitrogen and oxygen atoms in total. The van der Waals surface area contributed by atoms with Gasteiger partial charge in [0.2, 0.25) is 17.7 Å². The number of aliphatic hydroxyl groups is 1. The number of nitrogens with zero attached hydrogens (tertiary/aromatic N) is 2. The number of nitrogens with one attached hydrogen (secondary N) is 1. The fourth-order valence-corrected chi connectivity index (χ4v) is 4.23. The third kappa shape index (κ3) is 5.48. The van der Waals surface area contributed by atoms with Crippen molar-refractivity contribution in [3.05, 3.63) is 0 Å². The maximum Gasteiger partial charge on any atom is 0.326 e. The number of carboxylic acids is 1. The van der Waals surface area contributed by atoms with E-state index >= 15 is 0 Å². The number of carbonyl (C=O) groups is 4. The summed E-state index contributed by atoms with van der Waals surface area (Å²) in [6.45, 7) is 5.95. The van der Waals surface area contributed by atoms with E-state index in [0.717, 1.165) is 0 Å². The van der Waals surface area contributed by atoms with Crippen LogP contribution in [0.15, 0.2) is 0 Å². The zero-order chi connectivity index (χ0) is 22.6. The summed E-state index contributed by atoms with van der Waals surface area (Å²) in [5.74, 6) is -2.34. The number of carbonyl (C=O) groups excluding carboxylic acids is 3. The van der Waals surface area contributed by atoms with E-state index in [4.69, 9.17) is 5.73 Å². The molecule has 2 rings (SSSR count). The van der Waals surface area contributed by atoms with Gasteiger partial charge < -0.3 is 31.1 Å². The number of nitrogens with two attached hydrogens (primary N) is 1. The van der Waals surface area contributed by atoms with Crippen molar-refractivity contribution in [2.24, 2.45) is 11.7 Å². The largest absolute Gasteiger partial charge is 0.480 e. The lowest BCUT2D eigenvalue weighted by atomic mass is 10.0. The molecule has 2 saturated heterocycles. The molecule has 0 bridgehead atoms. The van der Waals surface area contributed by atoms with Crippen molar-refractivity contribution in [3.8, 4) is 0 Å². The number of hydrogen-bond acceptors (Lipinski definition) is 6. The van der Waals surface area contributed by atoms with Gasteiger partial charge in [-0.2, -0.15) is 0 Å². The first-order chi connectivity index (χ1) is 14.0. The zero-order valence-electron chi connectivity index (χ0n) is 17.9. The second-order valence-corrected chi connectivity index (χ2v) is 8.68. The van der Waals surface area contributed by atoms with Gasteiger partial charge >= 0.3 is 5.97 Å². The minimum Gasteiger partial charge on any atom is -0.480 e. The first-order valence-corrected chi connectivity index (χ1v) is 10.6. The number of aliphatic carboxylic acids is 1. The van der Waals surface area contributed by atoms with Gasteiger partial charge in [-0.15, -0.1) is 0 Å². The van der Waals surface area contributed by atoms with Crippen LogP contribution in [0.2, 0.25) is 0 Å². The second-order valence-electron chi connectivity index (χ2n) is 8.68. The van der Waals surface area contributed by atoms with Gasteiger partial charge in [0.05, 0.1) is 12.1 Å². The van der Waals surface area contributed by atoms with Crippen molar-refractivity contribution in [2.45, 2.75) is 83.1 Å². The van der Waals surface area contributed by atoms with Gasteiger partial charge in [0.1, 0.15) is 18.1 Å². The predicted molar refractivity (Wildman–Crippen MR) is 108 cm³/mol. The third-order valence-corrected chi connectivity index (χ3v) is 5.75. The smallest absolute Gasteiger partial charge is 0.326 e. The van der Waals surface area contributed by atoms with Crippen LogP contribution in [0, 0.1) is 5.92 Å². The number of amides is 3. The van der Waals surface area contributed by atoms with Crippen LogP contribution >= 0.6 is 0 Å². The molecule has 0 spiro atoms. The number of likely N-dealkylation sites (tertiary alicyclic amines) is 2. The molecule has 3 amide bonds. The molecule has 2 fully saturated rings. The van der Waals surface area contributed by atoms with E-state index in [1.54, 1.807) is 0 Å². The average Bonchev–Trinajstić information content (AvgIpc) is 3.33. The van der Waals surface area contributed by atoms with E-state index in [9.17, 15) is 29.4 Å². The van der Waals surface area contributed by atoms with Crippen molar-refractivity contribution in [2.75, 3.05) is 13.1 Å². The molecule has 0 saturated carbocycles. The quantitative estimate of drug-likeness (QED) is 0.400. The molecule has 2 aliphatic heterocycles. The van der Waals surface area contributed by atoms with Crippen LogP contribution in [0.3, 0.4) is 0 Å². The van der Waals surface area contributed by atoms with Crippen molar-refractivity contribution < 1.29 is 29.4 Å². The van der Waals surface area contributed by atoms with Crippen LogP contribution in [0.5, 0.6) is 0 Å². The lowest BCUT2D eigenvalue weighted by molar-refractivity contribution is -0.151. The molecular formula is C20H34N4O6. The van der Waals surface area contributed by atoms with Crippen molar-refractivity contribution in [1.82, 2.24) is 15.1 Å². The molecule has 0 aromatic rings. The number of hydrogen-bond donors (Lipinski definition) is 4. The summed E-state index contributed by atoms with van der Waals surface area (Å²) < 4.78 is 0. The maximum atomic E-state index is 12.9. The molecule has 0 aromatic heterocycles. The summed E-state index contributed by atoms with van der Waals surface area (Å²) in [5.41, 5.74) is 6.01. The van der Waals surface area contributed by atoms with Crippen LogP contribution in [-0.2, 0) is 19.2 Å². The van der Waals surface area contributed by atoms with Gasteiger partial charge in [0, 0.05) is 13.1 Å². The Morgan fingerprint density at radius 3 is 2.03 bits per heavy atom. The first kappa shape index (κ1) is 24.1. The van der Waals surface area contributed by atoms with E-state index in [1.807, 2.05) is 13.8 Å². The molecule has 170 valence electrons. The molecule has 2 aliphatic rings. The SMILES string of the molecule is CC(C)CC(N)C(=O)N1CCCC1C(=O)NC(C(=O)N1CCCC1C(=O)O)C(C)O. The van der Waals surface area contributed by atoms with Crippen LogP contribution < -0.4 is 11.1 Å². The van der Waals surface area contributed by atoms with E-state index in [0.29, 0.717) is 38.6 Å². The molecule has 2 heterocycles. The van der Waals surface area contributed by atoms with Crippen LogP contribution in [-0.4, -0.2) is 87.1 Å². The fourth-order valence-electron chi connectivity index (χ4n) is 4.23. The molecule has 5 N–H and O–H groups in total. The highest BCUT2D eigenvalue weighted by Crippen LogP contribution is 2.22. The standard InChI is InChI=1S/C20H34N4O6/c1-11(2)10-13(21)18(27)23-8-4-6-14(23)17(26)22-16(12(3)25)19(28)24-9-5-7-15(24)20(29)30/h11-16,25H,4-10,21H2,1-3H3,(H,22,26)(H,29,30). The minimum atomic E-state index is -1.28. The third-order valence-electron chi connectivity index (χ3n) is 5.75. The highest BCUT2D eigenvalue weighted by molar-refractivity contribution is 5.94. The molecule has 10 heteroatoms. The van der Waals surface area contributed by atoms with Gasteiger partial charge in [0.15, 0.2) is 0 Å². The normalized spacial score (nSPS) is 24.6. The highest BCUT2D eigenvalue weighted by Gasteiger charge is 2.42. The molecule has 0 aromatic carbocycles. The van der Waals surface area contributed by atoms with E-state index in [2.05, 4.69) is 5.32 Å². The highest BCUT2D eigenvalue weighted by atomic mass is 16.4. The number of rotatable bonds is 8. The molecule has 0 aliphatic carbocycles. The van der Waals surface area contributed by atoms with Crippen molar-refractivity contribution >= 4 is 23.7 Å². The Hall–Kier alpha value is -2.20. The Kier molecular flexibility index (Phi) is 8.19. The van der Waals surface area contributed by atoms with E-state index in [1.165, 1.54) is 16.7 Å². The summed E-state index contributed by atoms with van der Waals surface area (Å²) in [6, 6.07) is -3.71. The Morgan fingerprint density at radius 1 is 1.00 bits per heavy atom. The van der Waals surface area contributed by atoms with E-state index in [-0.39, 0.29) is 18.4 Å². The second kappa shape index (κ2) is 10.2. The topological polar surface area (TPSA) is 153 Å². The molecule has 0 radical (unpaired) electrons.